The molecule has 2 unspecified atom stereocenters. The predicted molar refractivity (Wildman–Crippen MR) is 78.4 cm³/mol. The summed E-state index contributed by atoms with van der Waals surface area (Å²) in [5.41, 5.74) is 3.77. The molecule has 0 amide bonds. The topological polar surface area (TPSA) is 21.3 Å². The van der Waals surface area contributed by atoms with Crippen LogP contribution in [0.4, 0.5) is 0 Å². The summed E-state index contributed by atoms with van der Waals surface area (Å²) in [6.45, 7) is 2.17. The van der Waals surface area contributed by atoms with Gasteiger partial charge in [-0.3, -0.25) is 0 Å². The maximum absolute atomic E-state index is 5.99. The molecule has 98 valence electrons. The van der Waals surface area contributed by atoms with Crippen molar-refractivity contribution in [1.82, 2.24) is 5.32 Å². The van der Waals surface area contributed by atoms with Gasteiger partial charge in [-0.15, -0.1) is 0 Å². The first kappa shape index (κ1) is 12.2. The van der Waals surface area contributed by atoms with Gasteiger partial charge in [-0.1, -0.05) is 43.3 Å². The first-order chi connectivity index (χ1) is 9.33. The lowest BCUT2D eigenvalue weighted by Gasteiger charge is -2.16. The van der Waals surface area contributed by atoms with Gasteiger partial charge in [0.1, 0.15) is 11.9 Å². The van der Waals surface area contributed by atoms with Crippen LogP contribution < -0.4 is 10.1 Å². The van der Waals surface area contributed by atoms with Crippen molar-refractivity contribution in [2.24, 2.45) is 0 Å². The fourth-order valence-electron chi connectivity index (χ4n) is 2.80. The Hall–Kier alpha value is -1.80. The highest BCUT2D eigenvalue weighted by Gasteiger charge is 2.32. The van der Waals surface area contributed by atoms with Gasteiger partial charge in [0.25, 0.3) is 0 Å². The van der Waals surface area contributed by atoms with Crippen molar-refractivity contribution < 1.29 is 4.74 Å². The molecule has 0 aromatic heterocycles. The molecule has 2 aromatic carbocycles. The molecule has 19 heavy (non-hydrogen) atoms. The van der Waals surface area contributed by atoms with Gasteiger partial charge >= 0.3 is 0 Å². The van der Waals surface area contributed by atoms with E-state index in [4.69, 9.17) is 4.74 Å². The monoisotopic (exact) mass is 253 g/mol. The zero-order valence-corrected chi connectivity index (χ0v) is 11.4. The highest BCUT2D eigenvalue weighted by molar-refractivity contribution is 5.66. The Bertz CT molecular complexity index is 565. The largest absolute Gasteiger partial charge is 0.488 e. The number of rotatable bonds is 3. The van der Waals surface area contributed by atoms with Crippen LogP contribution in [0.15, 0.2) is 48.5 Å². The third kappa shape index (κ3) is 2.13. The fourth-order valence-corrected chi connectivity index (χ4v) is 2.80. The molecule has 1 aliphatic heterocycles. The van der Waals surface area contributed by atoms with E-state index in [1.54, 1.807) is 0 Å². The number of ether oxygens (including phenoxy) is 1. The lowest BCUT2D eigenvalue weighted by molar-refractivity contribution is 0.189. The molecule has 0 bridgehead atoms. The molecule has 0 saturated heterocycles. The van der Waals surface area contributed by atoms with Gasteiger partial charge in [-0.25, -0.2) is 0 Å². The molecule has 3 rings (SSSR count). The summed E-state index contributed by atoms with van der Waals surface area (Å²) in [6, 6.07) is 17.3. The van der Waals surface area contributed by atoms with Crippen LogP contribution in [0.25, 0.3) is 11.1 Å². The lowest BCUT2D eigenvalue weighted by atomic mass is 9.97. The van der Waals surface area contributed by atoms with Crippen molar-refractivity contribution in [2.75, 3.05) is 7.05 Å². The van der Waals surface area contributed by atoms with Gasteiger partial charge in [-0.2, -0.15) is 0 Å². The maximum Gasteiger partial charge on any atom is 0.124 e. The molecule has 2 atom stereocenters. The van der Waals surface area contributed by atoms with Crippen LogP contribution in [0.3, 0.4) is 0 Å². The Kier molecular flexibility index (Phi) is 3.26. The third-order valence-corrected chi connectivity index (χ3v) is 3.82. The van der Waals surface area contributed by atoms with Crippen LogP contribution in [-0.2, 0) is 0 Å². The minimum Gasteiger partial charge on any atom is -0.488 e. The lowest BCUT2D eigenvalue weighted by Crippen LogP contribution is -2.27. The van der Waals surface area contributed by atoms with Gasteiger partial charge in [0, 0.05) is 5.56 Å². The molecular weight excluding hydrogens is 234 g/mol. The highest BCUT2D eigenvalue weighted by Crippen LogP contribution is 2.39. The zero-order chi connectivity index (χ0) is 13.2. The Labute approximate surface area is 114 Å². The Morgan fingerprint density at radius 3 is 2.53 bits per heavy atom. The van der Waals surface area contributed by atoms with Crippen molar-refractivity contribution in [3.05, 3.63) is 54.1 Å². The minimum absolute atomic E-state index is 0.242. The number of likely N-dealkylation sites (N-methyl/N-ethyl adjacent to an activating group) is 1. The minimum atomic E-state index is 0.242. The molecule has 2 nitrogen and oxygen atoms in total. The van der Waals surface area contributed by atoms with Crippen molar-refractivity contribution in [2.45, 2.75) is 25.5 Å². The molecule has 0 aliphatic carbocycles. The van der Waals surface area contributed by atoms with Crippen LogP contribution in [0, 0.1) is 0 Å². The summed E-state index contributed by atoms with van der Waals surface area (Å²) in [5.74, 6) is 1.02. The summed E-state index contributed by atoms with van der Waals surface area (Å²) < 4.78 is 5.99. The van der Waals surface area contributed by atoms with Gasteiger partial charge in [0.05, 0.1) is 6.04 Å². The van der Waals surface area contributed by atoms with Gasteiger partial charge < -0.3 is 10.1 Å². The molecule has 1 aliphatic rings. The highest BCUT2D eigenvalue weighted by atomic mass is 16.5. The quantitative estimate of drug-likeness (QED) is 0.898. The number of fused-ring (bicyclic) bond motifs is 1. The van der Waals surface area contributed by atoms with Crippen LogP contribution >= 0.6 is 0 Å². The molecule has 1 N–H and O–H groups in total. The summed E-state index contributed by atoms with van der Waals surface area (Å²) in [4.78, 5) is 0. The smallest absolute Gasteiger partial charge is 0.124 e. The third-order valence-electron chi connectivity index (χ3n) is 3.82. The SMILES string of the molecule is CCC1Oc2ccc(-c3ccccc3)cc2C1NC. The van der Waals surface area contributed by atoms with Crippen molar-refractivity contribution in [3.8, 4) is 16.9 Å². The second kappa shape index (κ2) is 5.06. The van der Waals surface area contributed by atoms with Crippen molar-refractivity contribution in [1.29, 1.82) is 0 Å². The normalized spacial score (nSPS) is 20.9. The Morgan fingerprint density at radius 1 is 1.05 bits per heavy atom. The zero-order valence-electron chi connectivity index (χ0n) is 11.4. The van der Waals surface area contributed by atoms with E-state index in [0.29, 0.717) is 6.04 Å². The van der Waals surface area contributed by atoms with E-state index in [0.717, 1.165) is 12.2 Å². The van der Waals surface area contributed by atoms with Crippen LogP contribution in [0.5, 0.6) is 5.75 Å². The van der Waals surface area contributed by atoms with E-state index in [1.807, 2.05) is 13.1 Å². The molecule has 0 spiro atoms. The molecule has 2 aromatic rings. The van der Waals surface area contributed by atoms with E-state index in [-0.39, 0.29) is 6.10 Å². The van der Waals surface area contributed by atoms with Crippen LogP contribution in [0.1, 0.15) is 24.9 Å². The summed E-state index contributed by atoms with van der Waals surface area (Å²) in [7, 11) is 2.00. The molecule has 0 saturated carbocycles. The summed E-state index contributed by atoms with van der Waals surface area (Å²) in [6.07, 6.45) is 1.26. The van der Waals surface area contributed by atoms with E-state index in [9.17, 15) is 0 Å². The van der Waals surface area contributed by atoms with Crippen LogP contribution in [-0.4, -0.2) is 13.2 Å². The number of hydrogen-bond acceptors (Lipinski definition) is 2. The van der Waals surface area contributed by atoms with E-state index in [2.05, 4.69) is 54.7 Å². The molecule has 0 fully saturated rings. The molecule has 1 heterocycles. The fraction of sp³-hybridized carbons (Fsp3) is 0.294. The van der Waals surface area contributed by atoms with Crippen LogP contribution in [0.2, 0.25) is 0 Å². The van der Waals surface area contributed by atoms with E-state index < -0.39 is 0 Å². The average molecular weight is 253 g/mol. The van der Waals surface area contributed by atoms with Crippen molar-refractivity contribution in [3.63, 3.8) is 0 Å². The number of hydrogen-bond donors (Lipinski definition) is 1. The van der Waals surface area contributed by atoms with Gasteiger partial charge in [-0.05, 0) is 36.7 Å². The average Bonchev–Trinajstić information content (AvgIpc) is 2.84. The van der Waals surface area contributed by atoms with E-state index in [1.165, 1.54) is 16.7 Å². The van der Waals surface area contributed by atoms with E-state index >= 15 is 0 Å². The predicted octanol–water partition coefficient (Wildman–Crippen LogP) is 3.79. The second-order valence-electron chi connectivity index (χ2n) is 4.95. The number of nitrogens with one attached hydrogen (secondary N) is 1. The standard InChI is InChI=1S/C17H19NO/c1-3-15-17(18-2)14-11-13(9-10-16(14)19-15)12-7-5-4-6-8-12/h4-11,15,17-18H,3H2,1-2H3. The second-order valence-corrected chi connectivity index (χ2v) is 4.95. The van der Waals surface area contributed by atoms with Gasteiger partial charge in [0.15, 0.2) is 0 Å². The summed E-state index contributed by atoms with van der Waals surface area (Å²) in [5, 5.41) is 3.37. The number of benzene rings is 2. The first-order valence-corrected chi connectivity index (χ1v) is 6.86. The Morgan fingerprint density at radius 2 is 1.84 bits per heavy atom. The Balaban J connectivity index is 2.01. The van der Waals surface area contributed by atoms with Gasteiger partial charge in [0.2, 0.25) is 0 Å². The summed E-state index contributed by atoms with van der Waals surface area (Å²) >= 11 is 0. The molecule has 2 heteroatoms. The molecular formula is C17H19NO. The first-order valence-electron chi connectivity index (χ1n) is 6.86. The van der Waals surface area contributed by atoms with Crippen molar-refractivity contribution >= 4 is 0 Å². The maximum atomic E-state index is 5.99. The molecule has 0 radical (unpaired) electrons.